The zero-order valence-electron chi connectivity index (χ0n) is 16.9. The Kier molecular flexibility index (Phi) is 5.98. The van der Waals surface area contributed by atoms with Crippen LogP contribution >= 0.6 is 0 Å². The summed E-state index contributed by atoms with van der Waals surface area (Å²) in [7, 11) is 0. The molecule has 0 unspecified atom stereocenters. The van der Waals surface area contributed by atoms with Crippen molar-refractivity contribution >= 4 is 11.6 Å². The van der Waals surface area contributed by atoms with E-state index in [4.69, 9.17) is 0 Å². The number of rotatable bonds is 10. The van der Waals surface area contributed by atoms with Crippen LogP contribution in [0, 0.1) is 5.92 Å². The molecule has 1 fully saturated rings. The molecule has 1 aromatic carbocycles. The van der Waals surface area contributed by atoms with Crippen LogP contribution in [0.4, 0.5) is 5.82 Å². The van der Waals surface area contributed by atoms with Crippen LogP contribution in [-0.2, 0) is 13.0 Å². The van der Waals surface area contributed by atoms with Gasteiger partial charge in [-0.2, -0.15) is 0 Å². The van der Waals surface area contributed by atoms with Gasteiger partial charge in [0.05, 0.1) is 6.33 Å². The minimum Gasteiger partial charge on any atom is -0.356 e. The Bertz CT molecular complexity index is 932. The molecule has 4 rings (SSSR count). The maximum atomic E-state index is 12.8. The normalized spacial score (nSPS) is 13.4. The standard InChI is InChI=1S/C23H27N5O/c1-2-10-28(15-20-7-8-20)23-13-21(25-16-26-23)22(29)12-18-3-5-19(6-4-18)14-27-11-9-24-17-27/h3-6,9,11,13,16-17,20H,2,7-8,10,12,14-15H2,1H3. The average Bonchev–Trinajstić information content (AvgIpc) is 3.42. The van der Waals surface area contributed by atoms with Crippen molar-refractivity contribution in [2.24, 2.45) is 5.92 Å². The predicted octanol–water partition coefficient (Wildman–Crippen LogP) is 3.77. The van der Waals surface area contributed by atoms with Gasteiger partial charge in [0.1, 0.15) is 17.8 Å². The van der Waals surface area contributed by atoms with E-state index in [-0.39, 0.29) is 5.78 Å². The highest BCUT2D eigenvalue weighted by molar-refractivity contribution is 5.96. The van der Waals surface area contributed by atoms with Gasteiger partial charge in [-0.3, -0.25) is 4.79 Å². The summed E-state index contributed by atoms with van der Waals surface area (Å²) in [6.07, 6.45) is 11.0. The highest BCUT2D eigenvalue weighted by atomic mass is 16.1. The van der Waals surface area contributed by atoms with Gasteiger partial charge in [0.15, 0.2) is 5.78 Å². The van der Waals surface area contributed by atoms with Crippen LogP contribution < -0.4 is 4.90 Å². The van der Waals surface area contributed by atoms with Crippen molar-refractivity contribution in [3.63, 3.8) is 0 Å². The molecular weight excluding hydrogens is 362 g/mol. The number of hydrogen-bond acceptors (Lipinski definition) is 5. The zero-order chi connectivity index (χ0) is 20.1. The molecule has 0 N–H and O–H groups in total. The molecule has 2 aromatic heterocycles. The minimum atomic E-state index is 0.0267. The molecule has 3 aromatic rings. The molecular formula is C23H27N5O. The Labute approximate surface area is 171 Å². The third kappa shape index (κ3) is 5.28. The number of anilines is 1. The van der Waals surface area contributed by atoms with Gasteiger partial charge in [0, 0.05) is 44.5 Å². The van der Waals surface area contributed by atoms with Crippen molar-refractivity contribution in [1.82, 2.24) is 19.5 Å². The van der Waals surface area contributed by atoms with E-state index in [2.05, 4.69) is 38.9 Å². The third-order valence-corrected chi connectivity index (χ3v) is 5.24. The Hall–Kier alpha value is -3.02. The lowest BCUT2D eigenvalue weighted by Crippen LogP contribution is -2.27. The summed E-state index contributed by atoms with van der Waals surface area (Å²) >= 11 is 0. The number of carbonyl (C=O) groups is 1. The molecule has 29 heavy (non-hydrogen) atoms. The Morgan fingerprint density at radius 2 is 1.97 bits per heavy atom. The van der Waals surface area contributed by atoms with E-state index in [0.29, 0.717) is 12.1 Å². The van der Waals surface area contributed by atoms with E-state index >= 15 is 0 Å². The van der Waals surface area contributed by atoms with Crippen molar-refractivity contribution in [2.75, 3.05) is 18.0 Å². The largest absolute Gasteiger partial charge is 0.356 e. The number of carbonyl (C=O) groups excluding carboxylic acids is 1. The first-order valence-electron chi connectivity index (χ1n) is 10.3. The van der Waals surface area contributed by atoms with Gasteiger partial charge in [-0.05, 0) is 36.3 Å². The summed E-state index contributed by atoms with van der Waals surface area (Å²) in [5.41, 5.74) is 2.67. The molecule has 0 bridgehead atoms. The smallest absolute Gasteiger partial charge is 0.185 e. The van der Waals surface area contributed by atoms with Gasteiger partial charge >= 0.3 is 0 Å². The summed E-state index contributed by atoms with van der Waals surface area (Å²) in [6, 6.07) is 10.0. The van der Waals surface area contributed by atoms with Gasteiger partial charge in [-0.15, -0.1) is 0 Å². The van der Waals surface area contributed by atoms with E-state index in [9.17, 15) is 4.79 Å². The first-order chi connectivity index (χ1) is 14.2. The molecule has 2 heterocycles. The van der Waals surface area contributed by atoms with Gasteiger partial charge < -0.3 is 9.47 Å². The highest BCUT2D eigenvalue weighted by Crippen LogP contribution is 2.31. The minimum absolute atomic E-state index is 0.0267. The number of aromatic nitrogens is 4. The number of nitrogens with zero attached hydrogens (tertiary/aromatic N) is 5. The lowest BCUT2D eigenvalue weighted by molar-refractivity contribution is 0.0988. The van der Waals surface area contributed by atoms with Crippen molar-refractivity contribution in [1.29, 1.82) is 0 Å². The molecule has 1 aliphatic carbocycles. The van der Waals surface area contributed by atoms with Crippen LogP contribution in [0.1, 0.15) is 47.8 Å². The van der Waals surface area contributed by atoms with Crippen molar-refractivity contribution in [3.05, 3.63) is 72.2 Å². The van der Waals surface area contributed by atoms with Crippen LogP contribution in [-0.4, -0.2) is 38.4 Å². The number of Topliss-reactive ketones (excluding diaryl/α,β-unsaturated/α-hetero) is 1. The summed E-state index contributed by atoms with van der Waals surface area (Å²) in [6.45, 7) is 4.93. The number of ketones is 1. The summed E-state index contributed by atoms with van der Waals surface area (Å²) in [5, 5.41) is 0. The molecule has 0 atom stereocenters. The molecule has 1 saturated carbocycles. The first-order valence-corrected chi connectivity index (χ1v) is 10.3. The van der Waals surface area contributed by atoms with Gasteiger partial charge in [-0.1, -0.05) is 31.2 Å². The second kappa shape index (κ2) is 8.99. The van der Waals surface area contributed by atoms with E-state index in [0.717, 1.165) is 43.4 Å². The highest BCUT2D eigenvalue weighted by Gasteiger charge is 2.25. The monoisotopic (exact) mass is 389 g/mol. The summed E-state index contributed by atoms with van der Waals surface area (Å²) < 4.78 is 2.02. The zero-order valence-corrected chi connectivity index (χ0v) is 16.9. The second-order valence-corrected chi connectivity index (χ2v) is 7.80. The number of benzene rings is 1. The topological polar surface area (TPSA) is 63.9 Å². The van der Waals surface area contributed by atoms with E-state index in [1.165, 1.54) is 24.7 Å². The Balaban J connectivity index is 1.41. The SMILES string of the molecule is CCCN(CC1CC1)c1cc(C(=O)Cc2ccc(Cn3ccnc3)cc2)ncn1. The Morgan fingerprint density at radius 3 is 2.66 bits per heavy atom. The molecule has 0 spiro atoms. The fourth-order valence-corrected chi connectivity index (χ4v) is 3.48. The van der Waals surface area contributed by atoms with Crippen LogP contribution in [0.5, 0.6) is 0 Å². The predicted molar refractivity (Wildman–Crippen MR) is 113 cm³/mol. The van der Waals surface area contributed by atoms with E-state index < -0.39 is 0 Å². The van der Waals surface area contributed by atoms with Gasteiger partial charge in [0.2, 0.25) is 0 Å². The lowest BCUT2D eigenvalue weighted by atomic mass is 10.0. The van der Waals surface area contributed by atoms with E-state index in [1.807, 2.05) is 29.0 Å². The number of imidazole rings is 1. The fourth-order valence-electron chi connectivity index (χ4n) is 3.48. The summed E-state index contributed by atoms with van der Waals surface area (Å²) in [5.74, 6) is 1.67. The van der Waals surface area contributed by atoms with Crippen LogP contribution in [0.2, 0.25) is 0 Å². The quantitative estimate of drug-likeness (QED) is 0.494. The van der Waals surface area contributed by atoms with E-state index in [1.54, 1.807) is 12.5 Å². The first kappa shape index (κ1) is 19.3. The molecule has 1 aliphatic rings. The molecule has 0 amide bonds. The van der Waals surface area contributed by atoms with Gasteiger partial charge in [0.25, 0.3) is 0 Å². The fraction of sp³-hybridized carbons (Fsp3) is 0.391. The second-order valence-electron chi connectivity index (χ2n) is 7.80. The van der Waals surface area contributed by atoms with Crippen molar-refractivity contribution < 1.29 is 4.79 Å². The summed E-state index contributed by atoms with van der Waals surface area (Å²) in [4.78, 5) is 27.8. The van der Waals surface area contributed by atoms with Crippen LogP contribution in [0.15, 0.2) is 55.4 Å². The maximum absolute atomic E-state index is 12.8. The molecule has 6 nitrogen and oxygen atoms in total. The van der Waals surface area contributed by atoms with Crippen molar-refractivity contribution in [3.8, 4) is 0 Å². The lowest BCUT2D eigenvalue weighted by Gasteiger charge is -2.23. The molecule has 6 heteroatoms. The Morgan fingerprint density at radius 1 is 1.17 bits per heavy atom. The number of hydrogen-bond donors (Lipinski definition) is 0. The average molecular weight is 390 g/mol. The third-order valence-electron chi connectivity index (χ3n) is 5.24. The van der Waals surface area contributed by atoms with Crippen LogP contribution in [0.25, 0.3) is 0 Å². The molecule has 150 valence electrons. The molecule has 0 radical (unpaired) electrons. The van der Waals surface area contributed by atoms with Gasteiger partial charge in [-0.25, -0.2) is 15.0 Å². The maximum Gasteiger partial charge on any atom is 0.185 e. The molecule has 0 aliphatic heterocycles. The molecule has 0 saturated heterocycles. The van der Waals surface area contributed by atoms with Crippen molar-refractivity contribution in [2.45, 2.75) is 39.2 Å². The van der Waals surface area contributed by atoms with Crippen LogP contribution in [0.3, 0.4) is 0 Å².